The topological polar surface area (TPSA) is 34.4 Å². The summed E-state index contributed by atoms with van der Waals surface area (Å²) < 4.78 is 1.98. The molecule has 0 atom stereocenters. The molecule has 0 aliphatic heterocycles. The number of imidazole rings is 1. The number of rotatable bonds is 2. The van der Waals surface area contributed by atoms with Crippen LogP contribution in [0, 0.1) is 6.92 Å². The Morgan fingerprint density at radius 2 is 2.24 bits per heavy atom. The van der Waals surface area contributed by atoms with Gasteiger partial charge in [-0.05, 0) is 30.0 Å². The molecule has 3 heterocycles. The van der Waals surface area contributed by atoms with Crippen LogP contribution < -0.4 is 0 Å². The van der Waals surface area contributed by atoms with Crippen LogP contribution in [0.3, 0.4) is 0 Å². The van der Waals surface area contributed by atoms with Crippen molar-refractivity contribution in [3.63, 3.8) is 0 Å². The minimum Gasteiger partial charge on any atom is -0.298 e. The number of hydrogen-bond donors (Lipinski definition) is 0. The van der Waals surface area contributed by atoms with Crippen LogP contribution in [-0.2, 0) is 0 Å². The van der Waals surface area contributed by atoms with E-state index in [0.717, 1.165) is 28.1 Å². The van der Waals surface area contributed by atoms with Crippen molar-refractivity contribution in [1.82, 2.24) is 9.38 Å². The number of aromatic nitrogens is 2. The number of fused-ring (bicyclic) bond motifs is 1. The van der Waals surface area contributed by atoms with Crippen LogP contribution in [0.25, 0.3) is 16.2 Å². The smallest absolute Gasteiger partial charge is 0.170 e. The van der Waals surface area contributed by atoms with E-state index in [2.05, 4.69) is 4.98 Å². The van der Waals surface area contributed by atoms with Crippen molar-refractivity contribution in [3.05, 3.63) is 47.1 Å². The highest BCUT2D eigenvalue weighted by molar-refractivity contribution is 7.13. The van der Waals surface area contributed by atoms with Crippen LogP contribution in [0.15, 0.2) is 35.8 Å². The highest BCUT2D eigenvalue weighted by Crippen LogP contribution is 2.26. The Morgan fingerprint density at radius 3 is 2.94 bits per heavy atom. The first-order valence-electron chi connectivity index (χ1n) is 5.27. The molecular formula is C13H10N2OS. The van der Waals surface area contributed by atoms with Crippen LogP contribution in [0.4, 0.5) is 0 Å². The molecule has 0 saturated heterocycles. The third kappa shape index (κ3) is 1.57. The number of carbonyl (C=O) groups is 1. The van der Waals surface area contributed by atoms with Crippen LogP contribution in [0.2, 0.25) is 0 Å². The van der Waals surface area contributed by atoms with Gasteiger partial charge >= 0.3 is 0 Å². The molecule has 0 radical (unpaired) electrons. The van der Waals surface area contributed by atoms with E-state index in [1.165, 1.54) is 0 Å². The van der Waals surface area contributed by atoms with Crippen molar-refractivity contribution >= 4 is 23.1 Å². The zero-order chi connectivity index (χ0) is 11.8. The van der Waals surface area contributed by atoms with Crippen molar-refractivity contribution in [1.29, 1.82) is 0 Å². The normalized spacial score (nSPS) is 10.9. The van der Waals surface area contributed by atoms with E-state index in [1.807, 2.05) is 47.2 Å². The van der Waals surface area contributed by atoms with E-state index < -0.39 is 0 Å². The number of nitrogens with zero attached hydrogens (tertiary/aromatic N) is 2. The van der Waals surface area contributed by atoms with E-state index in [-0.39, 0.29) is 0 Å². The van der Waals surface area contributed by atoms with Crippen molar-refractivity contribution < 1.29 is 4.79 Å². The molecule has 0 aliphatic carbocycles. The Kier molecular flexibility index (Phi) is 2.30. The molecule has 0 amide bonds. The maximum atomic E-state index is 11.0. The van der Waals surface area contributed by atoms with E-state index in [9.17, 15) is 4.79 Å². The van der Waals surface area contributed by atoms with E-state index in [4.69, 9.17) is 0 Å². The van der Waals surface area contributed by atoms with Gasteiger partial charge in [-0.3, -0.25) is 9.20 Å². The minimum atomic E-state index is 0.494. The summed E-state index contributed by atoms with van der Waals surface area (Å²) in [4.78, 5) is 16.5. The highest BCUT2D eigenvalue weighted by atomic mass is 32.1. The summed E-state index contributed by atoms with van der Waals surface area (Å²) in [6.45, 7) is 2.03. The van der Waals surface area contributed by atoms with Crippen molar-refractivity contribution in [2.75, 3.05) is 0 Å². The number of aryl methyl sites for hydroxylation is 1. The quantitative estimate of drug-likeness (QED) is 0.647. The highest BCUT2D eigenvalue weighted by Gasteiger charge is 2.12. The number of hydrogen-bond acceptors (Lipinski definition) is 3. The molecule has 0 aliphatic rings. The van der Waals surface area contributed by atoms with Gasteiger partial charge in [0.15, 0.2) is 12.1 Å². The molecule has 0 spiro atoms. The first kappa shape index (κ1) is 10.2. The first-order valence-corrected chi connectivity index (χ1v) is 6.15. The van der Waals surface area contributed by atoms with Gasteiger partial charge in [-0.15, -0.1) is 11.3 Å². The fourth-order valence-corrected chi connectivity index (χ4v) is 2.59. The number of thiophene rings is 1. The summed E-state index contributed by atoms with van der Waals surface area (Å²) in [5.74, 6) is 0.834. The molecule has 0 fully saturated rings. The molecule has 3 aromatic rings. The van der Waals surface area contributed by atoms with E-state index in [0.29, 0.717) is 5.69 Å². The molecule has 0 bridgehead atoms. The predicted octanol–water partition coefficient (Wildman–Crippen LogP) is 3.18. The predicted molar refractivity (Wildman–Crippen MR) is 68.6 cm³/mol. The minimum absolute atomic E-state index is 0.494. The number of pyridine rings is 1. The lowest BCUT2D eigenvalue weighted by atomic mass is 10.3. The Bertz CT molecular complexity index is 683. The van der Waals surface area contributed by atoms with E-state index >= 15 is 0 Å². The van der Waals surface area contributed by atoms with Gasteiger partial charge in [-0.25, -0.2) is 4.98 Å². The van der Waals surface area contributed by atoms with Gasteiger partial charge in [-0.1, -0.05) is 12.1 Å². The Balaban J connectivity index is 2.38. The SMILES string of the molecule is Cc1ccc2c(C=O)nc(-c3cccs3)n2c1. The van der Waals surface area contributed by atoms with E-state index in [1.54, 1.807) is 11.3 Å². The first-order chi connectivity index (χ1) is 8.29. The molecule has 3 rings (SSSR count). The molecule has 0 N–H and O–H groups in total. The maximum Gasteiger partial charge on any atom is 0.170 e. The fraction of sp³-hybridized carbons (Fsp3) is 0.0769. The molecule has 0 saturated carbocycles. The summed E-state index contributed by atoms with van der Waals surface area (Å²) in [5, 5.41) is 2.01. The average molecular weight is 242 g/mol. The maximum absolute atomic E-state index is 11.0. The van der Waals surface area contributed by atoms with Gasteiger partial charge in [0.2, 0.25) is 0 Å². The van der Waals surface area contributed by atoms with Gasteiger partial charge in [0.1, 0.15) is 5.69 Å². The van der Waals surface area contributed by atoms with Crippen molar-refractivity contribution in [2.45, 2.75) is 6.92 Å². The Labute approximate surface area is 102 Å². The standard InChI is InChI=1S/C13H10N2OS/c1-9-4-5-11-10(8-16)14-13(15(11)7-9)12-3-2-6-17-12/h2-8H,1H3. The lowest BCUT2D eigenvalue weighted by Gasteiger charge is -1.99. The lowest BCUT2D eigenvalue weighted by molar-refractivity contribution is 0.112. The molecule has 0 unspecified atom stereocenters. The number of carbonyl (C=O) groups excluding carboxylic acids is 1. The molecule has 0 aromatic carbocycles. The summed E-state index contributed by atoms with van der Waals surface area (Å²) in [5.41, 5.74) is 2.49. The molecular weight excluding hydrogens is 232 g/mol. The summed E-state index contributed by atoms with van der Waals surface area (Å²) >= 11 is 1.62. The van der Waals surface area contributed by atoms with Crippen LogP contribution in [0.5, 0.6) is 0 Å². The van der Waals surface area contributed by atoms with Crippen LogP contribution in [0.1, 0.15) is 16.1 Å². The Morgan fingerprint density at radius 1 is 1.35 bits per heavy atom. The number of aldehydes is 1. The third-order valence-electron chi connectivity index (χ3n) is 2.67. The second-order valence-corrected chi connectivity index (χ2v) is 4.83. The molecule has 84 valence electrons. The average Bonchev–Trinajstić information content (AvgIpc) is 2.94. The van der Waals surface area contributed by atoms with Crippen molar-refractivity contribution in [3.8, 4) is 10.7 Å². The van der Waals surface area contributed by atoms with Crippen LogP contribution in [-0.4, -0.2) is 15.7 Å². The summed E-state index contributed by atoms with van der Waals surface area (Å²) in [7, 11) is 0. The molecule has 3 aromatic heterocycles. The largest absolute Gasteiger partial charge is 0.298 e. The lowest BCUT2D eigenvalue weighted by Crippen LogP contribution is -1.88. The summed E-state index contributed by atoms with van der Waals surface area (Å²) in [6.07, 6.45) is 2.81. The fourth-order valence-electron chi connectivity index (χ4n) is 1.88. The second kappa shape index (κ2) is 3.82. The molecule has 3 nitrogen and oxygen atoms in total. The summed E-state index contributed by atoms with van der Waals surface area (Å²) in [6, 6.07) is 7.92. The van der Waals surface area contributed by atoms with Gasteiger partial charge in [0, 0.05) is 6.20 Å². The molecule has 17 heavy (non-hydrogen) atoms. The van der Waals surface area contributed by atoms with Gasteiger partial charge in [-0.2, -0.15) is 0 Å². The van der Waals surface area contributed by atoms with Gasteiger partial charge in [0.05, 0.1) is 10.4 Å². The Hall–Kier alpha value is -1.94. The van der Waals surface area contributed by atoms with Crippen molar-refractivity contribution in [2.24, 2.45) is 0 Å². The van der Waals surface area contributed by atoms with Crippen LogP contribution >= 0.6 is 11.3 Å². The molecule has 4 heteroatoms. The third-order valence-corrected chi connectivity index (χ3v) is 3.53. The zero-order valence-corrected chi connectivity index (χ0v) is 10.1. The monoisotopic (exact) mass is 242 g/mol. The van der Waals surface area contributed by atoms with Gasteiger partial charge < -0.3 is 0 Å². The van der Waals surface area contributed by atoms with Gasteiger partial charge in [0.25, 0.3) is 0 Å². The zero-order valence-electron chi connectivity index (χ0n) is 9.25. The second-order valence-electron chi connectivity index (χ2n) is 3.88.